The maximum absolute atomic E-state index is 4.49. The van der Waals surface area contributed by atoms with Gasteiger partial charge in [-0.05, 0) is 37.3 Å². The van der Waals surface area contributed by atoms with Crippen LogP contribution in [0.25, 0.3) is 10.9 Å². The largest absolute Gasteiger partial charge is 0.381 e. The van der Waals surface area contributed by atoms with Gasteiger partial charge in [-0.25, -0.2) is 0 Å². The number of nitrogens with one attached hydrogen (secondary N) is 1. The summed E-state index contributed by atoms with van der Waals surface area (Å²) in [4.78, 5) is 4.49. The van der Waals surface area contributed by atoms with E-state index in [0.717, 1.165) is 17.1 Å². The van der Waals surface area contributed by atoms with Crippen molar-refractivity contribution in [3.63, 3.8) is 0 Å². The van der Waals surface area contributed by atoms with E-state index in [2.05, 4.69) is 41.5 Å². The van der Waals surface area contributed by atoms with Crippen molar-refractivity contribution in [2.45, 2.75) is 32.2 Å². The van der Waals surface area contributed by atoms with Crippen LogP contribution in [0.15, 0.2) is 36.5 Å². The number of pyridine rings is 1. The number of benzene rings is 1. The van der Waals surface area contributed by atoms with Gasteiger partial charge in [0, 0.05) is 11.4 Å². The number of hydrogen-bond donors (Lipinski definition) is 1. The molecular weight excluding hydrogens is 208 g/mol. The van der Waals surface area contributed by atoms with Gasteiger partial charge in [-0.15, -0.1) is 0 Å². The van der Waals surface area contributed by atoms with Gasteiger partial charge in [-0.3, -0.25) is 4.98 Å². The SMILES string of the molecule is CCC(Nc1cnc2ccccc2c1)C1CC1. The Kier molecular flexibility index (Phi) is 2.71. The van der Waals surface area contributed by atoms with Crippen molar-refractivity contribution in [3.05, 3.63) is 36.5 Å². The third-order valence-corrected chi connectivity index (χ3v) is 3.57. The van der Waals surface area contributed by atoms with Crippen LogP contribution < -0.4 is 5.32 Å². The highest BCUT2D eigenvalue weighted by Gasteiger charge is 2.29. The highest BCUT2D eigenvalue weighted by atomic mass is 14.9. The number of aromatic nitrogens is 1. The second-order valence-electron chi connectivity index (χ2n) is 4.91. The molecule has 0 saturated heterocycles. The first-order valence-corrected chi connectivity index (χ1v) is 6.48. The monoisotopic (exact) mass is 226 g/mol. The van der Waals surface area contributed by atoms with E-state index in [0.29, 0.717) is 6.04 Å². The van der Waals surface area contributed by atoms with E-state index in [9.17, 15) is 0 Å². The molecular formula is C15H18N2. The predicted molar refractivity (Wildman–Crippen MR) is 72.2 cm³/mol. The number of anilines is 1. The second-order valence-corrected chi connectivity index (χ2v) is 4.91. The van der Waals surface area contributed by atoms with Gasteiger partial charge in [-0.1, -0.05) is 25.1 Å². The van der Waals surface area contributed by atoms with Crippen molar-refractivity contribution in [2.75, 3.05) is 5.32 Å². The van der Waals surface area contributed by atoms with Gasteiger partial charge in [0.2, 0.25) is 0 Å². The molecule has 1 atom stereocenters. The molecule has 17 heavy (non-hydrogen) atoms. The van der Waals surface area contributed by atoms with Crippen LogP contribution in [0.3, 0.4) is 0 Å². The van der Waals surface area contributed by atoms with Crippen LogP contribution in [0.2, 0.25) is 0 Å². The van der Waals surface area contributed by atoms with E-state index in [1.54, 1.807) is 0 Å². The third kappa shape index (κ3) is 2.26. The fourth-order valence-corrected chi connectivity index (χ4v) is 2.42. The zero-order valence-electron chi connectivity index (χ0n) is 10.2. The topological polar surface area (TPSA) is 24.9 Å². The Hall–Kier alpha value is -1.57. The summed E-state index contributed by atoms with van der Waals surface area (Å²) in [6.07, 6.45) is 5.91. The van der Waals surface area contributed by atoms with E-state index in [1.807, 2.05) is 12.3 Å². The molecule has 2 aromatic rings. The van der Waals surface area contributed by atoms with Crippen LogP contribution in [-0.4, -0.2) is 11.0 Å². The minimum atomic E-state index is 0.623. The molecule has 1 unspecified atom stereocenters. The zero-order valence-corrected chi connectivity index (χ0v) is 10.2. The Morgan fingerprint density at radius 2 is 2.18 bits per heavy atom. The van der Waals surface area contributed by atoms with Crippen LogP contribution in [-0.2, 0) is 0 Å². The van der Waals surface area contributed by atoms with E-state index >= 15 is 0 Å². The first-order chi connectivity index (χ1) is 8.36. The van der Waals surface area contributed by atoms with Gasteiger partial charge in [0.05, 0.1) is 17.4 Å². The Morgan fingerprint density at radius 1 is 1.35 bits per heavy atom. The maximum Gasteiger partial charge on any atom is 0.0703 e. The van der Waals surface area contributed by atoms with Crippen LogP contribution >= 0.6 is 0 Å². The van der Waals surface area contributed by atoms with Gasteiger partial charge in [0.15, 0.2) is 0 Å². The van der Waals surface area contributed by atoms with Crippen LogP contribution in [0.5, 0.6) is 0 Å². The van der Waals surface area contributed by atoms with Crippen LogP contribution in [0, 0.1) is 5.92 Å². The lowest BCUT2D eigenvalue weighted by Crippen LogP contribution is -2.20. The molecule has 1 N–H and O–H groups in total. The van der Waals surface area contributed by atoms with Gasteiger partial charge in [-0.2, -0.15) is 0 Å². The molecule has 1 aromatic heterocycles. The summed E-state index contributed by atoms with van der Waals surface area (Å²) in [7, 11) is 0. The molecule has 0 aliphatic heterocycles. The molecule has 1 aliphatic rings. The van der Waals surface area contributed by atoms with E-state index < -0.39 is 0 Å². The molecule has 0 spiro atoms. The summed E-state index contributed by atoms with van der Waals surface area (Å²) < 4.78 is 0. The summed E-state index contributed by atoms with van der Waals surface area (Å²) >= 11 is 0. The molecule has 1 heterocycles. The molecule has 2 nitrogen and oxygen atoms in total. The summed E-state index contributed by atoms with van der Waals surface area (Å²) in [5.41, 5.74) is 2.22. The normalized spacial score (nSPS) is 17.0. The summed E-state index contributed by atoms with van der Waals surface area (Å²) in [5, 5.41) is 4.83. The third-order valence-electron chi connectivity index (χ3n) is 3.57. The van der Waals surface area contributed by atoms with Gasteiger partial charge in [0.1, 0.15) is 0 Å². The summed E-state index contributed by atoms with van der Waals surface area (Å²) in [6.45, 7) is 2.25. The number of fused-ring (bicyclic) bond motifs is 1. The van der Waals surface area contributed by atoms with Gasteiger partial charge < -0.3 is 5.32 Å². The zero-order chi connectivity index (χ0) is 11.7. The Labute approximate surface area is 102 Å². The Balaban J connectivity index is 1.84. The lowest BCUT2D eigenvalue weighted by molar-refractivity contribution is 0.616. The van der Waals surface area contributed by atoms with Crippen molar-refractivity contribution < 1.29 is 0 Å². The molecule has 1 aromatic carbocycles. The van der Waals surface area contributed by atoms with Crippen molar-refractivity contribution in [1.29, 1.82) is 0 Å². The molecule has 2 heteroatoms. The molecule has 88 valence electrons. The average molecular weight is 226 g/mol. The Morgan fingerprint density at radius 3 is 2.94 bits per heavy atom. The van der Waals surface area contributed by atoms with Gasteiger partial charge in [0.25, 0.3) is 0 Å². The smallest absolute Gasteiger partial charge is 0.0703 e. The lowest BCUT2D eigenvalue weighted by Gasteiger charge is -2.17. The van der Waals surface area contributed by atoms with E-state index in [4.69, 9.17) is 0 Å². The Bertz CT molecular complexity index is 517. The minimum Gasteiger partial charge on any atom is -0.381 e. The first-order valence-electron chi connectivity index (χ1n) is 6.48. The molecule has 1 saturated carbocycles. The molecule has 1 aliphatic carbocycles. The van der Waals surface area contributed by atoms with Crippen LogP contribution in [0.4, 0.5) is 5.69 Å². The highest BCUT2D eigenvalue weighted by Crippen LogP contribution is 2.35. The molecule has 1 fully saturated rings. The fraction of sp³-hybridized carbons (Fsp3) is 0.400. The van der Waals surface area contributed by atoms with Crippen molar-refractivity contribution >= 4 is 16.6 Å². The van der Waals surface area contributed by atoms with Crippen molar-refractivity contribution in [3.8, 4) is 0 Å². The van der Waals surface area contributed by atoms with Gasteiger partial charge >= 0.3 is 0 Å². The quantitative estimate of drug-likeness (QED) is 0.856. The summed E-state index contributed by atoms with van der Waals surface area (Å²) in [5.74, 6) is 0.881. The average Bonchev–Trinajstić information content (AvgIpc) is 3.20. The maximum atomic E-state index is 4.49. The molecule has 3 rings (SSSR count). The standard InChI is InChI=1S/C15H18N2/c1-2-14(11-7-8-11)17-13-9-12-5-3-4-6-15(12)16-10-13/h3-6,9-11,14,17H,2,7-8H2,1H3. The second kappa shape index (κ2) is 4.36. The number of nitrogens with zero attached hydrogens (tertiary/aromatic N) is 1. The molecule has 0 radical (unpaired) electrons. The molecule has 0 bridgehead atoms. The predicted octanol–water partition coefficient (Wildman–Crippen LogP) is 3.84. The fourth-order valence-electron chi connectivity index (χ4n) is 2.42. The van der Waals surface area contributed by atoms with E-state index in [-0.39, 0.29) is 0 Å². The number of para-hydroxylation sites is 1. The lowest BCUT2D eigenvalue weighted by atomic mass is 10.1. The number of hydrogen-bond acceptors (Lipinski definition) is 2. The van der Waals surface area contributed by atoms with Crippen LogP contribution in [0.1, 0.15) is 26.2 Å². The van der Waals surface area contributed by atoms with E-state index in [1.165, 1.54) is 24.6 Å². The van der Waals surface area contributed by atoms with Crippen molar-refractivity contribution in [1.82, 2.24) is 4.98 Å². The highest BCUT2D eigenvalue weighted by molar-refractivity contribution is 5.81. The number of rotatable bonds is 4. The minimum absolute atomic E-state index is 0.623. The first kappa shape index (κ1) is 10.6. The molecule has 0 amide bonds. The van der Waals surface area contributed by atoms with Crippen molar-refractivity contribution in [2.24, 2.45) is 5.92 Å². The summed E-state index contributed by atoms with van der Waals surface area (Å²) in [6, 6.07) is 11.1.